The van der Waals surface area contributed by atoms with E-state index >= 15 is 0 Å². The quantitative estimate of drug-likeness (QED) is 0.614. The Kier molecular flexibility index (Phi) is 5.01. The first-order valence-corrected chi connectivity index (χ1v) is 6.52. The number of carbonyl (C=O) groups is 2. The van der Waals surface area contributed by atoms with E-state index in [1.165, 1.54) is 0 Å². The highest BCUT2D eigenvalue weighted by Crippen LogP contribution is 2.19. The smallest absolute Gasteiger partial charge is 0.293 e. The summed E-state index contributed by atoms with van der Waals surface area (Å²) in [7, 11) is 0. The van der Waals surface area contributed by atoms with Crippen LogP contribution >= 0.6 is 11.6 Å². The summed E-state index contributed by atoms with van der Waals surface area (Å²) < 4.78 is 9.90. The number of hydrogen-bond acceptors (Lipinski definition) is 5. The van der Waals surface area contributed by atoms with E-state index in [9.17, 15) is 9.59 Å². The summed E-state index contributed by atoms with van der Waals surface area (Å²) in [5.74, 6) is 0.338. The molecule has 1 aromatic rings. The molecule has 0 amide bonds. The zero-order valence-electron chi connectivity index (χ0n) is 10.7. The van der Waals surface area contributed by atoms with Crippen molar-refractivity contribution >= 4 is 23.9 Å². The second-order valence-electron chi connectivity index (χ2n) is 4.18. The minimum Gasteiger partial charge on any atom is -0.471 e. The Balaban J connectivity index is 2.00. The maximum Gasteiger partial charge on any atom is 0.293 e. The van der Waals surface area contributed by atoms with Gasteiger partial charge in [0.2, 0.25) is 5.78 Å². The molecule has 1 aliphatic heterocycles. The lowest BCUT2D eigenvalue weighted by Gasteiger charge is -2.10. The van der Waals surface area contributed by atoms with Crippen LogP contribution in [0.2, 0.25) is 5.02 Å². The van der Waals surface area contributed by atoms with Crippen LogP contribution in [-0.4, -0.2) is 25.5 Å². The molecular weight excluding hydrogens is 282 g/mol. The van der Waals surface area contributed by atoms with Gasteiger partial charge in [0.15, 0.2) is 12.5 Å². The fraction of sp³-hybridized carbons (Fsp3) is 0.286. The lowest BCUT2D eigenvalue weighted by Crippen LogP contribution is -2.15. The molecule has 2 rings (SSSR count). The van der Waals surface area contributed by atoms with Crippen LogP contribution in [0.4, 0.5) is 0 Å². The summed E-state index contributed by atoms with van der Waals surface area (Å²) in [5, 5.41) is 3.70. The van der Waals surface area contributed by atoms with Crippen LogP contribution in [0.5, 0.6) is 0 Å². The predicted molar refractivity (Wildman–Crippen MR) is 72.9 cm³/mol. The molecule has 0 spiro atoms. The SMILES string of the molecule is O=COCCC1=C(NCc2ccccc2Cl)OCC1=O. The fourth-order valence-corrected chi connectivity index (χ4v) is 2.08. The van der Waals surface area contributed by atoms with E-state index in [0.29, 0.717) is 35.9 Å². The standard InChI is InChI=1S/C14H14ClNO4/c15-12-4-2-1-3-10(12)7-16-14-11(5-6-19-9-17)13(18)8-20-14/h1-4,9,16H,5-8H2. The molecule has 0 aliphatic carbocycles. The van der Waals surface area contributed by atoms with Gasteiger partial charge >= 0.3 is 0 Å². The molecule has 1 N–H and O–H groups in total. The van der Waals surface area contributed by atoms with Gasteiger partial charge in [-0.15, -0.1) is 0 Å². The number of ether oxygens (including phenoxy) is 2. The second-order valence-corrected chi connectivity index (χ2v) is 4.59. The molecule has 0 saturated carbocycles. The molecule has 0 saturated heterocycles. The molecule has 0 radical (unpaired) electrons. The van der Waals surface area contributed by atoms with Crippen LogP contribution < -0.4 is 5.32 Å². The molecule has 0 fully saturated rings. The Labute approximate surface area is 121 Å². The Morgan fingerprint density at radius 1 is 1.40 bits per heavy atom. The molecule has 1 aromatic carbocycles. The lowest BCUT2D eigenvalue weighted by atomic mass is 10.1. The summed E-state index contributed by atoms with van der Waals surface area (Å²) in [6, 6.07) is 7.42. The number of rotatable bonds is 7. The second kappa shape index (κ2) is 6.96. The molecule has 0 bridgehead atoms. The molecule has 1 heterocycles. The number of ketones is 1. The largest absolute Gasteiger partial charge is 0.471 e. The first kappa shape index (κ1) is 14.4. The molecule has 0 atom stereocenters. The number of carbonyl (C=O) groups excluding carboxylic acids is 2. The van der Waals surface area contributed by atoms with Gasteiger partial charge in [0.1, 0.15) is 0 Å². The van der Waals surface area contributed by atoms with Crippen LogP contribution in [-0.2, 0) is 25.6 Å². The first-order chi connectivity index (χ1) is 9.72. The third-order valence-electron chi connectivity index (χ3n) is 2.89. The molecular formula is C14H14ClNO4. The summed E-state index contributed by atoms with van der Waals surface area (Å²) in [5.41, 5.74) is 1.42. The maximum absolute atomic E-state index is 11.7. The number of hydrogen-bond donors (Lipinski definition) is 1. The topological polar surface area (TPSA) is 64.6 Å². The molecule has 5 nitrogen and oxygen atoms in total. The van der Waals surface area contributed by atoms with Gasteiger partial charge in [-0.3, -0.25) is 9.59 Å². The predicted octanol–water partition coefficient (Wildman–Crippen LogP) is 1.80. The number of halogens is 1. The highest BCUT2D eigenvalue weighted by atomic mass is 35.5. The maximum atomic E-state index is 11.7. The minimum absolute atomic E-state index is 0.0152. The average Bonchev–Trinajstić information content (AvgIpc) is 2.79. The normalized spacial score (nSPS) is 14.2. The van der Waals surface area contributed by atoms with Crippen LogP contribution in [0.25, 0.3) is 0 Å². The van der Waals surface area contributed by atoms with Crippen molar-refractivity contribution < 1.29 is 19.1 Å². The van der Waals surface area contributed by atoms with Crippen molar-refractivity contribution in [2.75, 3.05) is 13.2 Å². The van der Waals surface area contributed by atoms with Crippen LogP contribution in [0.1, 0.15) is 12.0 Å². The monoisotopic (exact) mass is 295 g/mol. The Hall–Kier alpha value is -2.01. The summed E-state index contributed by atoms with van der Waals surface area (Å²) in [6.45, 7) is 0.991. The minimum atomic E-state index is -0.0962. The lowest BCUT2D eigenvalue weighted by molar-refractivity contribution is -0.129. The highest BCUT2D eigenvalue weighted by molar-refractivity contribution is 6.31. The summed E-state index contributed by atoms with van der Waals surface area (Å²) in [4.78, 5) is 21.8. The average molecular weight is 296 g/mol. The molecule has 0 aromatic heterocycles. The number of benzene rings is 1. The zero-order valence-corrected chi connectivity index (χ0v) is 11.5. The third-order valence-corrected chi connectivity index (χ3v) is 3.26. The van der Waals surface area contributed by atoms with Crippen LogP contribution in [0.15, 0.2) is 35.7 Å². The molecule has 0 unspecified atom stereocenters. The van der Waals surface area contributed by atoms with Crippen molar-refractivity contribution in [2.45, 2.75) is 13.0 Å². The van der Waals surface area contributed by atoms with Gasteiger partial charge in [0.05, 0.1) is 12.2 Å². The van der Waals surface area contributed by atoms with E-state index < -0.39 is 0 Å². The molecule has 6 heteroatoms. The van der Waals surface area contributed by atoms with Crippen molar-refractivity contribution in [3.05, 3.63) is 46.3 Å². The van der Waals surface area contributed by atoms with Crippen molar-refractivity contribution in [3.63, 3.8) is 0 Å². The Morgan fingerprint density at radius 3 is 2.95 bits per heavy atom. The van der Waals surface area contributed by atoms with E-state index in [2.05, 4.69) is 10.1 Å². The number of Topliss-reactive ketones (excluding diaryl/α,β-unsaturated/α-hetero) is 1. The van der Waals surface area contributed by atoms with Crippen LogP contribution in [0.3, 0.4) is 0 Å². The van der Waals surface area contributed by atoms with Crippen molar-refractivity contribution in [2.24, 2.45) is 0 Å². The van der Waals surface area contributed by atoms with Gasteiger partial charge in [0.25, 0.3) is 6.47 Å². The van der Waals surface area contributed by atoms with Crippen molar-refractivity contribution in [1.29, 1.82) is 0 Å². The fourth-order valence-electron chi connectivity index (χ4n) is 1.88. The zero-order chi connectivity index (χ0) is 14.4. The van der Waals surface area contributed by atoms with Gasteiger partial charge in [-0.05, 0) is 11.6 Å². The highest BCUT2D eigenvalue weighted by Gasteiger charge is 2.24. The van der Waals surface area contributed by atoms with E-state index in [-0.39, 0.29) is 19.0 Å². The van der Waals surface area contributed by atoms with E-state index in [1.807, 2.05) is 18.2 Å². The molecule has 106 valence electrons. The molecule has 1 aliphatic rings. The Morgan fingerprint density at radius 2 is 2.20 bits per heavy atom. The van der Waals surface area contributed by atoms with Gasteiger partial charge in [-0.1, -0.05) is 29.8 Å². The van der Waals surface area contributed by atoms with Gasteiger partial charge in [0, 0.05) is 18.0 Å². The van der Waals surface area contributed by atoms with Gasteiger partial charge < -0.3 is 14.8 Å². The van der Waals surface area contributed by atoms with Crippen molar-refractivity contribution in [1.82, 2.24) is 5.32 Å². The van der Waals surface area contributed by atoms with E-state index in [1.54, 1.807) is 6.07 Å². The molecule has 20 heavy (non-hydrogen) atoms. The van der Waals surface area contributed by atoms with Crippen LogP contribution in [0, 0.1) is 0 Å². The summed E-state index contributed by atoms with van der Waals surface area (Å²) in [6.07, 6.45) is 0.336. The van der Waals surface area contributed by atoms with Gasteiger partial charge in [-0.2, -0.15) is 0 Å². The third kappa shape index (κ3) is 3.51. The van der Waals surface area contributed by atoms with Gasteiger partial charge in [-0.25, -0.2) is 0 Å². The van der Waals surface area contributed by atoms with E-state index in [0.717, 1.165) is 5.56 Å². The number of nitrogens with one attached hydrogen (secondary N) is 1. The van der Waals surface area contributed by atoms with E-state index in [4.69, 9.17) is 16.3 Å². The van der Waals surface area contributed by atoms with Crippen molar-refractivity contribution in [3.8, 4) is 0 Å². The first-order valence-electron chi connectivity index (χ1n) is 6.14. The Bertz CT molecular complexity index is 542. The summed E-state index contributed by atoms with van der Waals surface area (Å²) >= 11 is 6.05.